The summed E-state index contributed by atoms with van der Waals surface area (Å²) in [6.45, 7) is 28.1. The Bertz CT molecular complexity index is 3450. The lowest BCUT2D eigenvalue weighted by atomic mass is 9.90. The first-order valence-corrected chi connectivity index (χ1v) is 36.7. The minimum atomic E-state index is 0.350. The highest BCUT2D eigenvalue weighted by Gasteiger charge is 2.26. The van der Waals surface area contributed by atoms with Crippen LogP contribution in [-0.4, -0.2) is 92.5 Å². The number of hydrogen-bond donors (Lipinski definition) is 0. The first-order valence-electron chi connectivity index (χ1n) is 36.7. The van der Waals surface area contributed by atoms with E-state index >= 15 is 0 Å². The Hall–Kier alpha value is -8.48. The lowest BCUT2D eigenvalue weighted by Crippen LogP contribution is -2.15. The number of ether oxygens (including phenoxy) is 11. The van der Waals surface area contributed by atoms with Crippen molar-refractivity contribution >= 4 is 0 Å². The largest absolute Gasteiger partial charge is 0.493 e. The third-order valence-corrected chi connectivity index (χ3v) is 17.9. The van der Waals surface area contributed by atoms with E-state index in [1.54, 1.807) is 0 Å². The lowest BCUT2D eigenvalue weighted by Gasteiger charge is -2.23. The molecule has 2 aliphatic carbocycles. The van der Waals surface area contributed by atoms with E-state index in [4.69, 9.17) is 52.1 Å². The second-order valence-electron chi connectivity index (χ2n) is 25.9. The van der Waals surface area contributed by atoms with Crippen LogP contribution in [0.5, 0.6) is 46.0 Å². The van der Waals surface area contributed by atoms with Crippen molar-refractivity contribution < 1.29 is 52.1 Å². The molecule has 0 saturated carbocycles. The Balaban J connectivity index is 0.821. The summed E-state index contributed by atoms with van der Waals surface area (Å²) in [6.07, 6.45) is 15.8. The number of rotatable bonds is 36. The minimum Gasteiger partial charge on any atom is -0.493 e. The van der Waals surface area contributed by atoms with Crippen LogP contribution in [0.2, 0.25) is 0 Å². The summed E-state index contributed by atoms with van der Waals surface area (Å²) < 4.78 is 72.9. The minimum absolute atomic E-state index is 0.350. The lowest BCUT2D eigenvalue weighted by molar-refractivity contribution is 0.00485. The highest BCUT2D eigenvalue weighted by atomic mass is 16.6. The predicted molar refractivity (Wildman–Crippen MR) is 400 cm³/mol. The number of para-hydroxylation sites is 6. The van der Waals surface area contributed by atoms with E-state index in [0.717, 1.165) is 186 Å². The molecule has 0 atom stereocenters. The monoisotopic (exact) mass is 1340 g/mol. The summed E-state index contributed by atoms with van der Waals surface area (Å²) in [5, 5.41) is 0. The molecule has 8 aromatic carbocycles. The molecule has 8 aromatic rings. The maximum Gasteiger partial charge on any atom is 0.126 e. The molecule has 10 rings (SSSR count). The van der Waals surface area contributed by atoms with Gasteiger partial charge >= 0.3 is 0 Å². The molecule has 0 heterocycles. The van der Waals surface area contributed by atoms with Crippen LogP contribution < -0.4 is 37.9 Å². The summed E-state index contributed by atoms with van der Waals surface area (Å²) in [7, 11) is 0. The number of allylic oxidation sites excluding steroid dienone is 2. The van der Waals surface area contributed by atoms with Crippen LogP contribution in [0.25, 0.3) is 0 Å². The van der Waals surface area contributed by atoms with Crippen molar-refractivity contribution in [3.8, 4) is 46.0 Å². The topological polar surface area (TPSA) is 102 Å². The van der Waals surface area contributed by atoms with E-state index in [2.05, 4.69) is 188 Å². The number of benzene rings is 8. The van der Waals surface area contributed by atoms with Crippen molar-refractivity contribution in [2.45, 2.75) is 144 Å². The second kappa shape index (κ2) is 38.8. The zero-order valence-electron chi connectivity index (χ0n) is 60.0. The summed E-state index contributed by atoms with van der Waals surface area (Å²) in [5.74, 6) is 7.30. The standard InChI is InChI=1S/C88H106O11/c1-9-23-63-51-77-59-73-33-19-29-69(83(73)94-39-13-5)55-65-25-17-26-66(81(65)92-37-11-3)56-70-30-20-34-74(84(70)95-40-14-6)60-78(52-63)87(77)98-49-47-90-45-43-89-44-46-91-48-50-99-88-79-53-64(24-10-2)54-80(88)62-76-36-22-32-72(86(76)97-42-16-8)58-68-28-18-27-67(82(68)93-38-12-4)57-71-31-21-35-75(61-79)85(71)96-41-15-7/h9-10,17-22,25-36,51-54H,1-2,11-16,23-24,37-50,55-62H2,3-8H3. The Labute approximate surface area is 590 Å². The molecular formula is C88H106O11. The molecule has 11 heteroatoms. The smallest absolute Gasteiger partial charge is 0.126 e. The fraction of sp³-hybridized carbons (Fsp3) is 0.409. The molecule has 0 amide bonds. The van der Waals surface area contributed by atoms with Gasteiger partial charge in [-0.25, -0.2) is 0 Å². The van der Waals surface area contributed by atoms with Gasteiger partial charge in [0.2, 0.25) is 0 Å². The van der Waals surface area contributed by atoms with E-state index in [9.17, 15) is 0 Å². The van der Waals surface area contributed by atoms with Crippen molar-refractivity contribution in [2.75, 3.05) is 92.5 Å². The summed E-state index contributed by atoms with van der Waals surface area (Å²) in [5.41, 5.74) is 20.2. The third-order valence-electron chi connectivity index (χ3n) is 17.9. The van der Waals surface area contributed by atoms with Gasteiger partial charge in [-0.05, 0) is 152 Å². The Morgan fingerprint density at radius 1 is 0.232 bits per heavy atom. The molecule has 0 fully saturated rings. The van der Waals surface area contributed by atoms with Crippen LogP contribution in [-0.2, 0) is 78.4 Å². The van der Waals surface area contributed by atoms with Crippen LogP contribution in [0.1, 0.15) is 180 Å². The predicted octanol–water partition coefficient (Wildman–Crippen LogP) is 18.7. The SMILES string of the molecule is C=CCc1cc2c(OCCOCCOCCOCCOc3c4cc(CC=C)cc3Cc3cccc(c3OCCC)Cc3cccc(c3OCCC)Cc3cccc(c3OCCC)C4)c(c1)Cc1cccc(c1OCCC)Cc1cccc(c1OCCC)Cc1cccc(c1OCCC)C2. The molecular weight excluding hydrogens is 1230 g/mol. The van der Waals surface area contributed by atoms with E-state index < -0.39 is 0 Å². The second-order valence-corrected chi connectivity index (χ2v) is 25.9. The van der Waals surface area contributed by atoms with E-state index in [-0.39, 0.29) is 0 Å². The van der Waals surface area contributed by atoms with Crippen molar-refractivity contribution in [2.24, 2.45) is 0 Å². The molecule has 0 aromatic heterocycles. The van der Waals surface area contributed by atoms with Crippen molar-refractivity contribution in [1.29, 1.82) is 0 Å². The summed E-state index contributed by atoms with van der Waals surface area (Å²) in [6, 6.07) is 48.5. The van der Waals surface area contributed by atoms with Gasteiger partial charge in [0.05, 0.1) is 79.3 Å². The van der Waals surface area contributed by atoms with Gasteiger partial charge in [-0.3, -0.25) is 0 Å². The van der Waals surface area contributed by atoms with Crippen LogP contribution >= 0.6 is 0 Å². The highest BCUT2D eigenvalue weighted by molar-refractivity contribution is 5.60. The molecule has 0 N–H and O–H groups in total. The number of fused-ring (bicyclic) bond motifs is 16. The average Bonchev–Trinajstić information content (AvgIpc) is 0.792. The molecule has 524 valence electrons. The van der Waals surface area contributed by atoms with Gasteiger partial charge in [-0.1, -0.05) is 187 Å². The molecule has 16 bridgehead atoms. The Morgan fingerprint density at radius 2 is 0.394 bits per heavy atom. The van der Waals surface area contributed by atoms with Crippen LogP contribution in [0, 0.1) is 0 Å². The van der Waals surface area contributed by atoms with Crippen molar-refractivity contribution in [3.05, 3.63) is 259 Å². The van der Waals surface area contributed by atoms with Crippen molar-refractivity contribution in [3.63, 3.8) is 0 Å². The zero-order chi connectivity index (χ0) is 69.0. The molecule has 2 aliphatic rings. The van der Waals surface area contributed by atoms with E-state index in [0.29, 0.717) is 144 Å². The fourth-order valence-corrected chi connectivity index (χ4v) is 13.5. The maximum atomic E-state index is 6.97. The van der Waals surface area contributed by atoms with Gasteiger partial charge < -0.3 is 52.1 Å². The average molecular weight is 1340 g/mol. The molecule has 99 heavy (non-hydrogen) atoms. The first-order chi connectivity index (χ1) is 48.8. The number of hydrogen-bond acceptors (Lipinski definition) is 11. The Morgan fingerprint density at radius 3 is 0.576 bits per heavy atom. The Kier molecular flexibility index (Phi) is 28.7. The molecule has 0 unspecified atom stereocenters. The van der Waals surface area contributed by atoms with Gasteiger partial charge in [0.25, 0.3) is 0 Å². The fourth-order valence-electron chi connectivity index (χ4n) is 13.5. The van der Waals surface area contributed by atoms with Gasteiger partial charge in [0.1, 0.15) is 59.2 Å². The summed E-state index contributed by atoms with van der Waals surface area (Å²) in [4.78, 5) is 0. The van der Waals surface area contributed by atoms with Crippen LogP contribution in [0.15, 0.2) is 159 Å². The normalized spacial score (nSPS) is 12.5. The zero-order valence-corrected chi connectivity index (χ0v) is 60.0. The van der Waals surface area contributed by atoms with Crippen LogP contribution in [0.3, 0.4) is 0 Å². The molecule has 0 spiro atoms. The van der Waals surface area contributed by atoms with Crippen molar-refractivity contribution in [1.82, 2.24) is 0 Å². The van der Waals surface area contributed by atoms with Crippen LogP contribution in [0.4, 0.5) is 0 Å². The highest BCUT2D eigenvalue weighted by Crippen LogP contribution is 2.43. The molecule has 0 aliphatic heterocycles. The van der Waals surface area contributed by atoms with Gasteiger partial charge in [0.15, 0.2) is 0 Å². The molecule has 0 saturated heterocycles. The van der Waals surface area contributed by atoms with Gasteiger partial charge in [-0.2, -0.15) is 0 Å². The summed E-state index contributed by atoms with van der Waals surface area (Å²) >= 11 is 0. The quantitative estimate of drug-likeness (QED) is 0.0277. The first kappa shape index (κ1) is 73.2. The van der Waals surface area contributed by atoms with Gasteiger partial charge in [0, 0.05) is 51.4 Å². The van der Waals surface area contributed by atoms with E-state index in [1.807, 2.05) is 12.2 Å². The third kappa shape index (κ3) is 19.9. The molecule has 11 nitrogen and oxygen atoms in total. The molecule has 0 radical (unpaired) electrons. The van der Waals surface area contributed by atoms with Gasteiger partial charge in [-0.15, -0.1) is 13.2 Å². The van der Waals surface area contributed by atoms with E-state index in [1.165, 1.54) is 11.1 Å². The maximum absolute atomic E-state index is 6.97.